The molecule has 3 N–H and O–H groups in total. The molecule has 0 aliphatic carbocycles. The van der Waals surface area contributed by atoms with Gasteiger partial charge in [-0.1, -0.05) is 15.9 Å². The molecule has 0 aliphatic heterocycles. The van der Waals surface area contributed by atoms with Crippen LogP contribution in [0.2, 0.25) is 0 Å². The van der Waals surface area contributed by atoms with Crippen LogP contribution in [0.25, 0.3) is 0 Å². The summed E-state index contributed by atoms with van der Waals surface area (Å²) in [6.07, 6.45) is 0. The van der Waals surface area contributed by atoms with Crippen molar-refractivity contribution in [3.63, 3.8) is 0 Å². The molecular formula is C16H12BrFN2O4. The fourth-order valence-corrected chi connectivity index (χ4v) is 2.15. The predicted molar refractivity (Wildman–Crippen MR) is 88.7 cm³/mol. The topological polar surface area (TPSA) is 102 Å². The van der Waals surface area contributed by atoms with Crippen molar-refractivity contribution in [1.82, 2.24) is 0 Å². The first kappa shape index (κ1) is 17.6. The lowest BCUT2D eigenvalue weighted by Gasteiger charge is -2.08. The van der Waals surface area contributed by atoms with E-state index >= 15 is 0 Å². The third kappa shape index (κ3) is 4.63. The van der Waals surface area contributed by atoms with Gasteiger partial charge in [-0.2, -0.15) is 4.99 Å². The van der Waals surface area contributed by atoms with Crippen LogP contribution < -0.4 is 10.5 Å². The first-order chi connectivity index (χ1) is 11.4. The van der Waals surface area contributed by atoms with Gasteiger partial charge in [0.25, 0.3) is 5.91 Å². The second-order valence-corrected chi connectivity index (χ2v) is 5.55. The summed E-state index contributed by atoms with van der Waals surface area (Å²) in [7, 11) is 0. The van der Waals surface area contributed by atoms with Crippen LogP contribution >= 0.6 is 15.9 Å². The van der Waals surface area contributed by atoms with Crippen molar-refractivity contribution in [1.29, 1.82) is 0 Å². The fraction of sp³-hybridized carbons (Fsp3) is 0.0625. The molecule has 2 aromatic rings. The minimum absolute atomic E-state index is 0.0516. The molecule has 0 bridgehead atoms. The van der Waals surface area contributed by atoms with Gasteiger partial charge in [0.15, 0.2) is 6.61 Å². The second kappa shape index (κ2) is 7.69. The summed E-state index contributed by atoms with van der Waals surface area (Å²) >= 11 is 3.22. The normalized spacial score (nSPS) is 11.2. The Labute approximate surface area is 144 Å². The van der Waals surface area contributed by atoms with Crippen LogP contribution in [0.4, 0.5) is 4.39 Å². The minimum atomic E-state index is -1.18. The van der Waals surface area contributed by atoms with Gasteiger partial charge in [0.05, 0.1) is 5.56 Å². The zero-order valence-corrected chi connectivity index (χ0v) is 13.8. The molecule has 0 aliphatic rings. The first-order valence-corrected chi connectivity index (χ1v) is 7.44. The van der Waals surface area contributed by atoms with Crippen molar-refractivity contribution in [3.05, 3.63) is 63.9 Å². The molecule has 0 saturated carbocycles. The van der Waals surface area contributed by atoms with Gasteiger partial charge in [0, 0.05) is 10.0 Å². The summed E-state index contributed by atoms with van der Waals surface area (Å²) in [6, 6.07) is 9.67. The van der Waals surface area contributed by atoms with E-state index in [4.69, 9.17) is 15.6 Å². The number of carbonyl (C=O) groups is 2. The number of aliphatic carboxylic acids is 1. The molecule has 0 heterocycles. The number of halogens is 2. The van der Waals surface area contributed by atoms with Crippen molar-refractivity contribution in [2.24, 2.45) is 10.7 Å². The number of nitrogens with two attached hydrogens (primary N) is 1. The zero-order chi connectivity index (χ0) is 17.7. The Bertz CT molecular complexity index is 806. The van der Waals surface area contributed by atoms with Crippen LogP contribution in [-0.2, 0) is 4.79 Å². The lowest BCUT2D eigenvalue weighted by atomic mass is 10.1. The number of benzene rings is 2. The van der Waals surface area contributed by atoms with Gasteiger partial charge < -0.3 is 15.6 Å². The summed E-state index contributed by atoms with van der Waals surface area (Å²) in [5.41, 5.74) is 6.19. The molecule has 0 aromatic heterocycles. The Morgan fingerprint density at radius 1 is 1.21 bits per heavy atom. The molecule has 0 fully saturated rings. The molecule has 0 unspecified atom stereocenters. The number of hydrogen-bond donors (Lipinski definition) is 2. The largest absolute Gasteiger partial charge is 0.481 e. The standard InChI is InChI=1S/C16H12BrFN2O4/c17-10-3-6-13(24-8-14(21)22)12(7-10)16(23)20-15(19)9-1-4-11(18)5-2-9/h1-7H,8H2,(H,21,22)(H2,19,20,23). The highest BCUT2D eigenvalue weighted by Gasteiger charge is 2.15. The number of rotatable bonds is 5. The van der Waals surface area contributed by atoms with E-state index in [-0.39, 0.29) is 17.1 Å². The molecule has 124 valence electrons. The predicted octanol–water partition coefficient (Wildman–Crippen LogP) is 2.60. The Balaban J connectivity index is 2.30. The molecule has 0 spiro atoms. The van der Waals surface area contributed by atoms with E-state index in [9.17, 15) is 14.0 Å². The van der Waals surface area contributed by atoms with E-state index < -0.39 is 24.3 Å². The van der Waals surface area contributed by atoms with Crippen LogP contribution in [0.3, 0.4) is 0 Å². The lowest BCUT2D eigenvalue weighted by Crippen LogP contribution is -2.17. The van der Waals surface area contributed by atoms with Crippen LogP contribution in [0.15, 0.2) is 51.9 Å². The lowest BCUT2D eigenvalue weighted by molar-refractivity contribution is -0.139. The Kier molecular flexibility index (Phi) is 5.64. The van der Waals surface area contributed by atoms with E-state index in [0.717, 1.165) is 0 Å². The number of hydrogen-bond acceptors (Lipinski definition) is 3. The van der Waals surface area contributed by atoms with Gasteiger partial charge in [0.2, 0.25) is 0 Å². The Hall–Kier alpha value is -2.74. The molecule has 0 atom stereocenters. The third-order valence-corrected chi connectivity index (χ3v) is 3.38. The van der Waals surface area contributed by atoms with Gasteiger partial charge in [-0.15, -0.1) is 0 Å². The summed E-state index contributed by atoms with van der Waals surface area (Å²) in [5.74, 6) is -2.34. The molecule has 0 saturated heterocycles. The zero-order valence-electron chi connectivity index (χ0n) is 12.2. The monoisotopic (exact) mass is 394 g/mol. The van der Waals surface area contributed by atoms with E-state index in [1.54, 1.807) is 6.07 Å². The SMILES string of the molecule is NC(=NC(=O)c1cc(Br)ccc1OCC(=O)O)c1ccc(F)cc1. The molecule has 24 heavy (non-hydrogen) atoms. The number of carboxylic acids is 1. The molecule has 1 amide bonds. The van der Waals surface area contributed by atoms with Gasteiger partial charge in [-0.25, -0.2) is 9.18 Å². The van der Waals surface area contributed by atoms with E-state index in [1.807, 2.05) is 0 Å². The quantitative estimate of drug-likeness (QED) is 0.599. The smallest absolute Gasteiger partial charge is 0.341 e. The molecule has 6 nitrogen and oxygen atoms in total. The maximum atomic E-state index is 12.9. The number of amides is 1. The average molecular weight is 395 g/mol. The van der Waals surface area contributed by atoms with Crippen molar-refractivity contribution in [2.45, 2.75) is 0 Å². The highest BCUT2D eigenvalue weighted by Crippen LogP contribution is 2.24. The number of nitrogens with zero attached hydrogens (tertiary/aromatic N) is 1. The van der Waals surface area contributed by atoms with E-state index in [0.29, 0.717) is 10.0 Å². The number of amidine groups is 1. The maximum absolute atomic E-state index is 12.9. The van der Waals surface area contributed by atoms with Crippen molar-refractivity contribution in [2.75, 3.05) is 6.61 Å². The summed E-state index contributed by atoms with van der Waals surface area (Å²) in [5, 5.41) is 8.68. The Morgan fingerprint density at radius 3 is 2.50 bits per heavy atom. The number of carboxylic acid groups (broad SMARTS) is 1. The van der Waals surface area contributed by atoms with E-state index in [2.05, 4.69) is 20.9 Å². The van der Waals surface area contributed by atoms with Crippen molar-refractivity contribution in [3.8, 4) is 5.75 Å². The van der Waals surface area contributed by atoms with Crippen molar-refractivity contribution >= 4 is 33.6 Å². The summed E-state index contributed by atoms with van der Waals surface area (Å²) in [6.45, 7) is -0.598. The van der Waals surface area contributed by atoms with Crippen LogP contribution in [0.5, 0.6) is 5.75 Å². The molecule has 8 heteroatoms. The number of aliphatic imine (C=N–C) groups is 1. The summed E-state index contributed by atoms with van der Waals surface area (Å²) < 4.78 is 18.6. The Morgan fingerprint density at radius 2 is 1.88 bits per heavy atom. The minimum Gasteiger partial charge on any atom is -0.481 e. The third-order valence-electron chi connectivity index (χ3n) is 2.89. The molecule has 0 radical (unpaired) electrons. The highest BCUT2D eigenvalue weighted by molar-refractivity contribution is 9.10. The van der Waals surface area contributed by atoms with Gasteiger partial charge in [-0.05, 0) is 42.5 Å². The van der Waals surface area contributed by atoms with Gasteiger partial charge in [0.1, 0.15) is 17.4 Å². The number of carbonyl (C=O) groups excluding carboxylic acids is 1. The van der Waals surface area contributed by atoms with E-state index in [1.165, 1.54) is 36.4 Å². The molecular weight excluding hydrogens is 383 g/mol. The van der Waals surface area contributed by atoms with Gasteiger partial charge >= 0.3 is 5.97 Å². The second-order valence-electron chi connectivity index (χ2n) is 4.63. The summed E-state index contributed by atoms with van der Waals surface area (Å²) in [4.78, 5) is 26.7. The van der Waals surface area contributed by atoms with Crippen LogP contribution in [0, 0.1) is 5.82 Å². The fourth-order valence-electron chi connectivity index (χ4n) is 1.79. The first-order valence-electron chi connectivity index (χ1n) is 6.65. The number of ether oxygens (including phenoxy) is 1. The molecule has 2 aromatic carbocycles. The maximum Gasteiger partial charge on any atom is 0.341 e. The van der Waals surface area contributed by atoms with Crippen LogP contribution in [0.1, 0.15) is 15.9 Å². The molecule has 2 rings (SSSR count). The highest BCUT2D eigenvalue weighted by atomic mass is 79.9. The average Bonchev–Trinajstić information content (AvgIpc) is 2.54. The van der Waals surface area contributed by atoms with Crippen LogP contribution in [-0.4, -0.2) is 29.4 Å². The van der Waals surface area contributed by atoms with Crippen molar-refractivity contribution < 1.29 is 23.8 Å². The van der Waals surface area contributed by atoms with Gasteiger partial charge in [-0.3, -0.25) is 4.79 Å².